The number of urea groups is 1. The van der Waals surface area contributed by atoms with Crippen LogP contribution in [-0.4, -0.2) is 53.6 Å². The van der Waals surface area contributed by atoms with Crippen LogP contribution in [0.2, 0.25) is 0 Å². The molecule has 4 rings (SSSR count). The standard InChI is InChI=1S/C19H23N3O5/c1-12-5-3-4-8-21(12)16(23)10-22-17(24)19(2,20-18(22)25)13-6-7-14-15(9-13)27-11-26-14/h6-7,9,12H,3-5,8,10-11H2,1-2H3,(H,20,25)/t12-,19+/m1/s1. The van der Waals surface area contributed by atoms with Crippen LogP contribution < -0.4 is 14.8 Å². The Labute approximate surface area is 157 Å². The van der Waals surface area contributed by atoms with Crippen molar-refractivity contribution in [3.05, 3.63) is 23.8 Å². The number of hydrogen-bond acceptors (Lipinski definition) is 5. The minimum absolute atomic E-state index is 0.129. The number of benzene rings is 1. The van der Waals surface area contributed by atoms with Crippen molar-refractivity contribution in [1.82, 2.24) is 15.1 Å². The van der Waals surface area contributed by atoms with Crippen LogP contribution >= 0.6 is 0 Å². The van der Waals surface area contributed by atoms with Crippen LogP contribution in [0.5, 0.6) is 11.5 Å². The molecule has 8 heteroatoms. The highest BCUT2D eigenvalue weighted by molar-refractivity contribution is 6.09. The Morgan fingerprint density at radius 3 is 2.81 bits per heavy atom. The molecule has 8 nitrogen and oxygen atoms in total. The van der Waals surface area contributed by atoms with Gasteiger partial charge in [0.2, 0.25) is 12.7 Å². The highest BCUT2D eigenvalue weighted by Gasteiger charge is 2.50. The molecular formula is C19H23N3O5. The number of ether oxygens (including phenoxy) is 2. The molecule has 0 unspecified atom stereocenters. The number of imide groups is 1. The molecule has 3 aliphatic heterocycles. The number of carbonyl (C=O) groups excluding carboxylic acids is 3. The molecule has 1 aromatic rings. The fourth-order valence-corrected chi connectivity index (χ4v) is 3.94. The molecule has 1 aromatic carbocycles. The number of rotatable bonds is 3. The molecule has 2 atom stereocenters. The van der Waals surface area contributed by atoms with E-state index in [1.807, 2.05) is 6.92 Å². The van der Waals surface area contributed by atoms with Crippen molar-refractivity contribution in [2.45, 2.75) is 44.7 Å². The Morgan fingerprint density at radius 1 is 1.26 bits per heavy atom. The number of fused-ring (bicyclic) bond motifs is 1. The minimum atomic E-state index is -1.24. The SMILES string of the molecule is C[C@@H]1CCCCN1C(=O)CN1C(=O)N[C@@](C)(c2ccc3c(c2)OCO3)C1=O. The Hall–Kier alpha value is -2.77. The summed E-state index contributed by atoms with van der Waals surface area (Å²) in [4.78, 5) is 41.0. The molecule has 0 bridgehead atoms. The minimum Gasteiger partial charge on any atom is -0.454 e. The van der Waals surface area contributed by atoms with Gasteiger partial charge >= 0.3 is 6.03 Å². The zero-order chi connectivity index (χ0) is 19.2. The fourth-order valence-electron chi connectivity index (χ4n) is 3.94. The van der Waals surface area contributed by atoms with Gasteiger partial charge in [-0.05, 0) is 50.8 Å². The second kappa shape index (κ2) is 6.44. The van der Waals surface area contributed by atoms with Crippen molar-refractivity contribution < 1.29 is 23.9 Å². The van der Waals surface area contributed by atoms with E-state index >= 15 is 0 Å². The predicted octanol–water partition coefficient (Wildman–Crippen LogP) is 1.58. The number of likely N-dealkylation sites (tertiary alicyclic amines) is 1. The lowest BCUT2D eigenvalue weighted by Crippen LogP contribution is -2.48. The lowest BCUT2D eigenvalue weighted by Gasteiger charge is -2.34. The Balaban J connectivity index is 1.54. The van der Waals surface area contributed by atoms with Crippen LogP contribution in [0.3, 0.4) is 0 Å². The molecule has 0 aliphatic carbocycles. The van der Waals surface area contributed by atoms with Crippen molar-refractivity contribution in [2.75, 3.05) is 19.9 Å². The van der Waals surface area contributed by atoms with Gasteiger partial charge in [-0.15, -0.1) is 0 Å². The summed E-state index contributed by atoms with van der Waals surface area (Å²) in [5.74, 6) is 0.502. The zero-order valence-electron chi connectivity index (χ0n) is 15.5. The maximum Gasteiger partial charge on any atom is 0.325 e. The van der Waals surface area contributed by atoms with Gasteiger partial charge in [0, 0.05) is 12.6 Å². The van der Waals surface area contributed by atoms with Crippen LogP contribution in [0.4, 0.5) is 4.79 Å². The molecule has 3 aliphatic rings. The monoisotopic (exact) mass is 373 g/mol. The number of carbonyl (C=O) groups is 3. The lowest BCUT2D eigenvalue weighted by atomic mass is 9.91. The van der Waals surface area contributed by atoms with Gasteiger partial charge in [0.05, 0.1) is 0 Å². The van der Waals surface area contributed by atoms with E-state index in [1.54, 1.807) is 30.0 Å². The van der Waals surface area contributed by atoms with E-state index in [0.29, 0.717) is 23.6 Å². The van der Waals surface area contributed by atoms with E-state index in [9.17, 15) is 14.4 Å². The quantitative estimate of drug-likeness (QED) is 0.813. The smallest absolute Gasteiger partial charge is 0.325 e. The first-order chi connectivity index (χ1) is 12.9. The molecule has 3 heterocycles. The number of nitrogens with zero attached hydrogens (tertiary/aromatic N) is 2. The largest absolute Gasteiger partial charge is 0.454 e. The van der Waals surface area contributed by atoms with Crippen molar-refractivity contribution >= 4 is 17.8 Å². The van der Waals surface area contributed by atoms with Gasteiger partial charge in [-0.1, -0.05) is 6.07 Å². The predicted molar refractivity (Wildman–Crippen MR) is 95.2 cm³/mol. The zero-order valence-corrected chi connectivity index (χ0v) is 15.5. The Kier molecular flexibility index (Phi) is 4.20. The van der Waals surface area contributed by atoms with Gasteiger partial charge in [-0.2, -0.15) is 0 Å². The first-order valence-electron chi connectivity index (χ1n) is 9.24. The van der Waals surface area contributed by atoms with E-state index in [0.717, 1.165) is 24.2 Å². The molecular weight excluding hydrogens is 350 g/mol. The second-order valence-electron chi connectivity index (χ2n) is 7.45. The summed E-state index contributed by atoms with van der Waals surface area (Å²) in [6.45, 7) is 4.20. The molecule has 27 heavy (non-hydrogen) atoms. The van der Waals surface area contributed by atoms with Gasteiger partial charge in [0.15, 0.2) is 11.5 Å². The summed E-state index contributed by atoms with van der Waals surface area (Å²) >= 11 is 0. The van der Waals surface area contributed by atoms with Crippen LogP contribution in [0, 0.1) is 0 Å². The molecule has 0 saturated carbocycles. The highest BCUT2D eigenvalue weighted by atomic mass is 16.7. The summed E-state index contributed by atoms with van der Waals surface area (Å²) in [5, 5.41) is 2.73. The summed E-state index contributed by atoms with van der Waals surface area (Å²) in [6, 6.07) is 4.71. The van der Waals surface area contributed by atoms with Crippen LogP contribution in [0.25, 0.3) is 0 Å². The molecule has 0 aromatic heterocycles. The molecule has 1 N–H and O–H groups in total. The number of piperidine rings is 1. The van der Waals surface area contributed by atoms with E-state index in [-0.39, 0.29) is 25.3 Å². The summed E-state index contributed by atoms with van der Waals surface area (Å²) < 4.78 is 10.7. The maximum absolute atomic E-state index is 13.0. The van der Waals surface area contributed by atoms with Crippen LogP contribution in [0.1, 0.15) is 38.7 Å². The third-order valence-corrected chi connectivity index (χ3v) is 5.64. The molecule has 4 amide bonds. The fraction of sp³-hybridized carbons (Fsp3) is 0.526. The third-order valence-electron chi connectivity index (χ3n) is 5.64. The maximum atomic E-state index is 13.0. The number of hydrogen-bond donors (Lipinski definition) is 1. The van der Waals surface area contributed by atoms with Gasteiger partial charge in [-0.25, -0.2) is 4.79 Å². The molecule has 0 radical (unpaired) electrons. The van der Waals surface area contributed by atoms with E-state index < -0.39 is 17.5 Å². The topological polar surface area (TPSA) is 88.2 Å². The van der Waals surface area contributed by atoms with Crippen molar-refractivity contribution in [3.8, 4) is 11.5 Å². The van der Waals surface area contributed by atoms with Crippen LogP contribution in [-0.2, 0) is 15.1 Å². The number of amides is 4. The summed E-state index contributed by atoms with van der Waals surface area (Å²) in [7, 11) is 0. The number of nitrogens with one attached hydrogen (secondary N) is 1. The average molecular weight is 373 g/mol. The molecule has 2 saturated heterocycles. The van der Waals surface area contributed by atoms with Gasteiger partial charge in [0.1, 0.15) is 12.1 Å². The normalized spacial score (nSPS) is 27.1. The van der Waals surface area contributed by atoms with Crippen molar-refractivity contribution in [2.24, 2.45) is 0 Å². The third kappa shape index (κ3) is 2.89. The second-order valence-corrected chi connectivity index (χ2v) is 7.45. The first-order valence-corrected chi connectivity index (χ1v) is 9.24. The van der Waals surface area contributed by atoms with E-state index in [4.69, 9.17) is 9.47 Å². The first kappa shape index (κ1) is 17.6. The highest BCUT2D eigenvalue weighted by Crippen LogP contribution is 2.37. The summed E-state index contributed by atoms with van der Waals surface area (Å²) in [6.07, 6.45) is 2.99. The molecule has 2 fully saturated rings. The van der Waals surface area contributed by atoms with Crippen molar-refractivity contribution in [1.29, 1.82) is 0 Å². The van der Waals surface area contributed by atoms with Crippen LogP contribution in [0.15, 0.2) is 18.2 Å². The van der Waals surface area contributed by atoms with E-state index in [2.05, 4.69) is 5.32 Å². The van der Waals surface area contributed by atoms with E-state index in [1.165, 1.54) is 0 Å². The van der Waals surface area contributed by atoms with Gasteiger partial charge in [0.25, 0.3) is 5.91 Å². The molecule has 144 valence electrons. The molecule has 0 spiro atoms. The lowest BCUT2D eigenvalue weighted by molar-refractivity contribution is -0.140. The Bertz CT molecular complexity index is 811. The van der Waals surface area contributed by atoms with Crippen molar-refractivity contribution in [3.63, 3.8) is 0 Å². The van der Waals surface area contributed by atoms with Gasteiger partial charge < -0.3 is 19.7 Å². The Morgan fingerprint density at radius 2 is 2.04 bits per heavy atom. The summed E-state index contributed by atoms with van der Waals surface area (Å²) in [5.41, 5.74) is -0.655. The van der Waals surface area contributed by atoms with Gasteiger partial charge in [-0.3, -0.25) is 14.5 Å². The average Bonchev–Trinajstić information content (AvgIpc) is 3.20.